The van der Waals surface area contributed by atoms with Crippen LogP contribution in [0.15, 0.2) is 12.1 Å². The van der Waals surface area contributed by atoms with E-state index >= 15 is 0 Å². The van der Waals surface area contributed by atoms with Crippen LogP contribution in [-0.4, -0.2) is 41.8 Å². The summed E-state index contributed by atoms with van der Waals surface area (Å²) in [6.07, 6.45) is -4.78. The molecule has 0 bridgehead atoms. The normalized spacial score (nSPS) is 11.6. The molecule has 1 amide bonds. The van der Waals surface area contributed by atoms with Gasteiger partial charge in [-0.05, 0) is 12.1 Å². The Bertz CT molecular complexity index is 502. The lowest BCUT2D eigenvalue weighted by molar-refractivity contribution is -0.141. The Balaban J connectivity index is 3.10. The van der Waals surface area contributed by atoms with Crippen LogP contribution in [0.1, 0.15) is 10.4 Å². The van der Waals surface area contributed by atoms with Gasteiger partial charge in [0.25, 0.3) is 5.91 Å². The van der Waals surface area contributed by atoms with Gasteiger partial charge in [-0.2, -0.15) is 13.2 Å². The molecule has 9 heteroatoms. The van der Waals surface area contributed by atoms with E-state index in [4.69, 9.17) is 5.11 Å². The number of hydrogen-bond donors (Lipinski definition) is 1. The van der Waals surface area contributed by atoms with Gasteiger partial charge in [0.05, 0.1) is 12.2 Å². The third-order valence-corrected chi connectivity index (χ3v) is 2.29. The molecule has 0 aliphatic rings. The lowest BCUT2D eigenvalue weighted by atomic mass is 10.1. The zero-order valence-corrected chi connectivity index (χ0v) is 9.85. The van der Waals surface area contributed by atoms with E-state index < -0.39 is 54.8 Å². The summed E-state index contributed by atoms with van der Waals surface area (Å²) in [5.74, 6) is -6.89. The predicted octanol–water partition coefficient (Wildman–Crippen LogP) is 2.10. The Morgan fingerprint density at radius 1 is 1.15 bits per heavy atom. The van der Waals surface area contributed by atoms with Crippen molar-refractivity contribution in [2.75, 3.05) is 19.7 Å². The van der Waals surface area contributed by atoms with Crippen molar-refractivity contribution in [2.45, 2.75) is 6.18 Å². The second-order valence-electron chi connectivity index (χ2n) is 3.79. The Labute approximate surface area is 109 Å². The van der Waals surface area contributed by atoms with Crippen molar-refractivity contribution < 1.29 is 36.2 Å². The first kappa shape index (κ1) is 16.3. The highest BCUT2D eigenvalue weighted by atomic mass is 19.4. The number of carbonyl (C=O) groups excluding carboxylic acids is 1. The summed E-state index contributed by atoms with van der Waals surface area (Å²) in [7, 11) is 0. The molecule has 0 spiro atoms. The van der Waals surface area contributed by atoms with Crippen LogP contribution in [0.3, 0.4) is 0 Å². The molecule has 3 nitrogen and oxygen atoms in total. The van der Waals surface area contributed by atoms with Crippen molar-refractivity contribution in [3.63, 3.8) is 0 Å². The van der Waals surface area contributed by atoms with Crippen LogP contribution in [-0.2, 0) is 0 Å². The number of alkyl halides is 3. The van der Waals surface area contributed by atoms with Gasteiger partial charge in [-0.1, -0.05) is 0 Å². The number of carbonyl (C=O) groups is 1. The molecular formula is C11H9F6NO2. The summed E-state index contributed by atoms with van der Waals surface area (Å²) in [4.78, 5) is 11.8. The maximum absolute atomic E-state index is 13.3. The predicted molar refractivity (Wildman–Crippen MR) is 55.4 cm³/mol. The van der Waals surface area contributed by atoms with Crippen molar-refractivity contribution in [1.29, 1.82) is 0 Å². The van der Waals surface area contributed by atoms with Gasteiger partial charge in [0.15, 0.2) is 17.5 Å². The molecule has 1 aromatic rings. The minimum atomic E-state index is -4.78. The summed E-state index contributed by atoms with van der Waals surface area (Å²) < 4.78 is 75.7. The number of amides is 1. The number of rotatable bonds is 4. The van der Waals surface area contributed by atoms with E-state index in [0.717, 1.165) is 0 Å². The first-order chi connectivity index (χ1) is 9.17. The Morgan fingerprint density at radius 3 is 2.25 bits per heavy atom. The van der Waals surface area contributed by atoms with Gasteiger partial charge in [0.1, 0.15) is 6.54 Å². The number of aliphatic hydroxyl groups is 1. The second kappa shape index (κ2) is 6.12. The first-order valence-corrected chi connectivity index (χ1v) is 5.27. The fourth-order valence-electron chi connectivity index (χ4n) is 1.45. The number of halogens is 6. The Morgan fingerprint density at radius 2 is 1.75 bits per heavy atom. The molecule has 0 aromatic heterocycles. The molecule has 0 aliphatic heterocycles. The van der Waals surface area contributed by atoms with Gasteiger partial charge < -0.3 is 10.0 Å². The first-order valence-electron chi connectivity index (χ1n) is 5.27. The molecule has 0 unspecified atom stereocenters. The Hall–Kier alpha value is -1.77. The fourth-order valence-corrected chi connectivity index (χ4v) is 1.45. The lowest BCUT2D eigenvalue weighted by Gasteiger charge is -2.23. The zero-order valence-electron chi connectivity index (χ0n) is 9.85. The third kappa shape index (κ3) is 3.86. The fraction of sp³-hybridized carbons (Fsp3) is 0.364. The summed E-state index contributed by atoms with van der Waals surface area (Å²) in [5, 5.41) is 8.61. The third-order valence-electron chi connectivity index (χ3n) is 2.29. The lowest BCUT2D eigenvalue weighted by Crippen LogP contribution is -2.41. The molecular weight excluding hydrogens is 292 g/mol. The van der Waals surface area contributed by atoms with Crippen LogP contribution in [0.4, 0.5) is 26.3 Å². The van der Waals surface area contributed by atoms with Crippen LogP contribution >= 0.6 is 0 Å². The molecule has 0 aliphatic carbocycles. The number of aliphatic hydroxyl groups excluding tert-OH is 1. The topological polar surface area (TPSA) is 40.5 Å². The average Bonchev–Trinajstić information content (AvgIpc) is 2.33. The number of benzene rings is 1. The van der Waals surface area contributed by atoms with Gasteiger partial charge in [-0.3, -0.25) is 4.79 Å². The van der Waals surface area contributed by atoms with Gasteiger partial charge in [0, 0.05) is 6.54 Å². The van der Waals surface area contributed by atoms with Crippen LogP contribution in [0.5, 0.6) is 0 Å². The molecule has 1 N–H and O–H groups in total. The van der Waals surface area contributed by atoms with Crippen molar-refractivity contribution in [2.24, 2.45) is 0 Å². The van der Waals surface area contributed by atoms with E-state index in [2.05, 4.69) is 0 Å². The molecule has 0 radical (unpaired) electrons. The van der Waals surface area contributed by atoms with Gasteiger partial charge in [-0.15, -0.1) is 0 Å². The summed E-state index contributed by atoms with van der Waals surface area (Å²) in [6.45, 7) is -3.27. The highest BCUT2D eigenvalue weighted by molar-refractivity contribution is 5.94. The standard InChI is InChI=1S/C11H9F6NO2/c12-7-2-1-6(8(13)9(7)14)10(20)18(3-4-19)5-11(15,16)17/h1-2,19H,3-5H2. The van der Waals surface area contributed by atoms with E-state index in [0.29, 0.717) is 12.1 Å². The maximum Gasteiger partial charge on any atom is 0.406 e. The van der Waals surface area contributed by atoms with Gasteiger partial charge >= 0.3 is 6.18 Å². The van der Waals surface area contributed by atoms with Crippen LogP contribution in [0.2, 0.25) is 0 Å². The molecule has 0 heterocycles. The number of nitrogens with zero attached hydrogens (tertiary/aromatic N) is 1. The molecule has 0 saturated carbocycles. The SMILES string of the molecule is O=C(c1ccc(F)c(F)c1F)N(CCO)CC(F)(F)F. The van der Waals surface area contributed by atoms with E-state index in [1.807, 2.05) is 0 Å². The average molecular weight is 301 g/mol. The maximum atomic E-state index is 13.3. The minimum Gasteiger partial charge on any atom is -0.395 e. The smallest absolute Gasteiger partial charge is 0.395 e. The van der Waals surface area contributed by atoms with Gasteiger partial charge in [0.2, 0.25) is 0 Å². The molecule has 112 valence electrons. The van der Waals surface area contributed by atoms with Crippen molar-refractivity contribution in [1.82, 2.24) is 4.90 Å². The molecule has 0 atom stereocenters. The largest absolute Gasteiger partial charge is 0.406 e. The highest BCUT2D eigenvalue weighted by Crippen LogP contribution is 2.21. The van der Waals surface area contributed by atoms with E-state index in [9.17, 15) is 31.1 Å². The molecule has 20 heavy (non-hydrogen) atoms. The van der Waals surface area contributed by atoms with Crippen LogP contribution in [0, 0.1) is 17.5 Å². The minimum absolute atomic E-state index is 0.0930. The highest BCUT2D eigenvalue weighted by Gasteiger charge is 2.34. The molecule has 0 fully saturated rings. The Kier molecular flexibility index (Phi) is 4.98. The molecule has 0 saturated heterocycles. The van der Waals surface area contributed by atoms with Crippen LogP contribution < -0.4 is 0 Å². The van der Waals surface area contributed by atoms with E-state index in [1.165, 1.54) is 0 Å². The summed E-state index contributed by atoms with van der Waals surface area (Å²) in [6, 6.07) is 0.965. The zero-order chi connectivity index (χ0) is 15.5. The van der Waals surface area contributed by atoms with Gasteiger partial charge in [-0.25, -0.2) is 13.2 Å². The molecule has 1 aromatic carbocycles. The van der Waals surface area contributed by atoms with Crippen molar-refractivity contribution >= 4 is 5.91 Å². The van der Waals surface area contributed by atoms with Crippen molar-refractivity contribution in [3.8, 4) is 0 Å². The summed E-state index contributed by atoms with van der Waals surface area (Å²) in [5.41, 5.74) is -1.04. The van der Waals surface area contributed by atoms with E-state index in [-0.39, 0.29) is 4.90 Å². The van der Waals surface area contributed by atoms with E-state index in [1.54, 1.807) is 0 Å². The van der Waals surface area contributed by atoms with Crippen LogP contribution in [0.25, 0.3) is 0 Å². The number of hydrogen-bond acceptors (Lipinski definition) is 2. The molecule has 1 rings (SSSR count). The second-order valence-corrected chi connectivity index (χ2v) is 3.79. The monoisotopic (exact) mass is 301 g/mol. The summed E-state index contributed by atoms with van der Waals surface area (Å²) >= 11 is 0. The van der Waals surface area contributed by atoms with Crippen molar-refractivity contribution in [3.05, 3.63) is 35.1 Å². The quantitative estimate of drug-likeness (QED) is 0.683.